The Balaban J connectivity index is 1.41. The quantitative estimate of drug-likeness (QED) is 0.145. The molecule has 196 valence electrons. The lowest BCUT2D eigenvalue weighted by atomic mass is 10.1. The number of hydrogen-bond donors (Lipinski definition) is 3. The fourth-order valence-corrected chi connectivity index (χ4v) is 3.81. The molecule has 1 heterocycles. The third-order valence-electron chi connectivity index (χ3n) is 5.87. The third-order valence-corrected chi connectivity index (χ3v) is 5.87. The third kappa shape index (κ3) is 13.0. The van der Waals surface area contributed by atoms with Gasteiger partial charge in [-0.25, -0.2) is 4.79 Å². The van der Waals surface area contributed by atoms with Crippen LogP contribution >= 0.6 is 0 Å². The molecule has 0 atom stereocenters. The molecule has 5 nitrogen and oxygen atoms in total. The molecule has 0 aliphatic rings. The Hall–Kier alpha value is -3.21. The Bertz CT molecular complexity index is 985. The first-order valence-corrected chi connectivity index (χ1v) is 13.5. The SMILES string of the molecule is CCCCC/C=C\C/C=C\C/C=C\C/C=C\CCCCOC(=O)NCCc1c[nH]c2ccc(O)cc12. The van der Waals surface area contributed by atoms with E-state index >= 15 is 0 Å². The Kier molecular flexibility index (Phi) is 15.3. The first kappa shape index (κ1) is 29.0. The van der Waals surface area contributed by atoms with E-state index < -0.39 is 0 Å². The van der Waals surface area contributed by atoms with Gasteiger partial charge in [-0.3, -0.25) is 0 Å². The van der Waals surface area contributed by atoms with E-state index in [4.69, 9.17) is 4.74 Å². The Morgan fingerprint density at radius 3 is 2.22 bits per heavy atom. The average molecular weight is 493 g/mol. The summed E-state index contributed by atoms with van der Waals surface area (Å²) in [6, 6.07) is 5.23. The summed E-state index contributed by atoms with van der Waals surface area (Å²) < 4.78 is 5.25. The van der Waals surface area contributed by atoms with Crippen LogP contribution in [0, 0.1) is 0 Å². The van der Waals surface area contributed by atoms with Crippen molar-refractivity contribution in [2.24, 2.45) is 0 Å². The molecule has 1 amide bonds. The van der Waals surface area contributed by atoms with Crippen LogP contribution < -0.4 is 5.32 Å². The van der Waals surface area contributed by atoms with Crippen molar-refractivity contribution < 1.29 is 14.6 Å². The number of carbonyl (C=O) groups is 1. The van der Waals surface area contributed by atoms with Crippen LogP contribution in [0.4, 0.5) is 4.79 Å². The van der Waals surface area contributed by atoms with Crippen molar-refractivity contribution in [1.82, 2.24) is 10.3 Å². The smallest absolute Gasteiger partial charge is 0.407 e. The van der Waals surface area contributed by atoms with E-state index in [0.29, 0.717) is 19.6 Å². The lowest BCUT2D eigenvalue weighted by Gasteiger charge is -2.06. The average Bonchev–Trinajstić information content (AvgIpc) is 3.27. The van der Waals surface area contributed by atoms with Gasteiger partial charge in [0.2, 0.25) is 0 Å². The minimum atomic E-state index is -0.379. The maximum absolute atomic E-state index is 11.9. The standard InChI is InChI=1S/C31H44N2O3/c1-2-3-4-5-6-7-8-9-10-11-12-13-14-15-16-17-18-19-24-36-31(35)32-23-22-27-26-33-30-21-20-28(34)25-29(27)30/h6-7,9-10,12-13,15-16,20-21,25-26,33-34H,2-5,8,11,14,17-19,22-24H2,1H3,(H,32,35)/b7-6-,10-9-,13-12-,16-15-. The van der Waals surface area contributed by atoms with Crippen LogP contribution in [0.25, 0.3) is 10.9 Å². The van der Waals surface area contributed by atoms with Gasteiger partial charge in [-0.2, -0.15) is 0 Å². The number of fused-ring (bicyclic) bond motifs is 1. The van der Waals surface area contributed by atoms with E-state index in [1.807, 2.05) is 12.3 Å². The number of H-pyrrole nitrogens is 1. The first-order valence-electron chi connectivity index (χ1n) is 13.5. The molecule has 36 heavy (non-hydrogen) atoms. The number of ether oxygens (including phenoxy) is 1. The predicted molar refractivity (Wildman–Crippen MR) is 151 cm³/mol. The van der Waals surface area contributed by atoms with Gasteiger partial charge in [-0.15, -0.1) is 0 Å². The van der Waals surface area contributed by atoms with Crippen LogP contribution in [0.15, 0.2) is 73.0 Å². The molecule has 0 aliphatic heterocycles. The van der Waals surface area contributed by atoms with Crippen molar-refractivity contribution in [2.75, 3.05) is 13.2 Å². The highest BCUT2D eigenvalue weighted by Crippen LogP contribution is 2.23. The van der Waals surface area contributed by atoms with Crippen molar-refractivity contribution in [3.63, 3.8) is 0 Å². The number of phenolic OH excluding ortho intramolecular Hbond substituents is 1. The summed E-state index contributed by atoms with van der Waals surface area (Å²) in [5, 5.41) is 13.4. The topological polar surface area (TPSA) is 74.3 Å². The summed E-state index contributed by atoms with van der Waals surface area (Å²) >= 11 is 0. The number of phenols is 1. The number of alkyl carbamates (subject to hydrolysis) is 1. The van der Waals surface area contributed by atoms with Gasteiger partial charge in [-0.05, 0) is 81.5 Å². The summed E-state index contributed by atoms with van der Waals surface area (Å²) in [5.41, 5.74) is 2.03. The second-order valence-electron chi connectivity index (χ2n) is 8.94. The monoisotopic (exact) mass is 492 g/mol. The zero-order valence-corrected chi connectivity index (χ0v) is 21.9. The minimum Gasteiger partial charge on any atom is -0.508 e. The Morgan fingerprint density at radius 2 is 1.56 bits per heavy atom. The molecule has 0 unspecified atom stereocenters. The van der Waals surface area contributed by atoms with Gasteiger partial charge in [-0.1, -0.05) is 68.4 Å². The van der Waals surface area contributed by atoms with E-state index in [1.54, 1.807) is 12.1 Å². The molecule has 1 aromatic carbocycles. The number of hydrogen-bond acceptors (Lipinski definition) is 3. The van der Waals surface area contributed by atoms with Crippen LogP contribution in [0.1, 0.15) is 76.7 Å². The highest BCUT2D eigenvalue weighted by Gasteiger charge is 2.06. The summed E-state index contributed by atoms with van der Waals surface area (Å²) in [6.45, 7) is 3.16. The molecule has 0 radical (unpaired) electrons. The summed E-state index contributed by atoms with van der Waals surface area (Å²) in [4.78, 5) is 15.0. The zero-order chi connectivity index (χ0) is 25.7. The normalized spacial score (nSPS) is 12.1. The van der Waals surface area contributed by atoms with Gasteiger partial charge in [0.05, 0.1) is 6.61 Å². The van der Waals surface area contributed by atoms with E-state index in [-0.39, 0.29) is 11.8 Å². The van der Waals surface area contributed by atoms with E-state index in [1.165, 1.54) is 25.7 Å². The molecule has 2 aromatic rings. The van der Waals surface area contributed by atoms with Crippen LogP contribution in [-0.2, 0) is 11.2 Å². The number of unbranched alkanes of at least 4 members (excludes halogenated alkanes) is 5. The number of aromatic nitrogens is 1. The molecule has 3 N–H and O–H groups in total. The Labute approximate surface area is 217 Å². The number of carbonyl (C=O) groups excluding carboxylic acids is 1. The molecule has 0 saturated carbocycles. The van der Waals surface area contributed by atoms with Crippen molar-refractivity contribution in [3.05, 3.63) is 78.6 Å². The summed E-state index contributed by atoms with van der Waals surface area (Å²) in [7, 11) is 0. The molecule has 1 aromatic heterocycles. The number of benzene rings is 1. The van der Waals surface area contributed by atoms with Crippen LogP contribution in [0.2, 0.25) is 0 Å². The second kappa shape index (κ2) is 19.0. The van der Waals surface area contributed by atoms with Gasteiger partial charge < -0.3 is 20.1 Å². The zero-order valence-electron chi connectivity index (χ0n) is 21.9. The van der Waals surface area contributed by atoms with E-state index in [0.717, 1.165) is 55.0 Å². The summed E-state index contributed by atoms with van der Waals surface area (Å²) in [6.07, 6.45) is 31.0. The number of rotatable bonds is 18. The molecule has 2 rings (SSSR count). The maximum atomic E-state index is 11.9. The number of aromatic amines is 1. The first-order chi connectivity index (χ1) is 17.7. The fourth-order valence-electron chi connectivity index (χ4n) is 3.81. The lowest BCUT2D eigenvalue weighted by molar-refractivity contribution is 0.144. The fraction of sp³-hybridized carbons (Fsp3) is 0.452. The lowest BCUT2D eigenvalue weighted by Crippen LogP contribution is -2.26. The van der Waals surface area contributed by atoms with Gasteiger partial charge in [0.1, 0.15) is 5.75 Å². The largest absolute Gasteiger partial charge is 0.508 e. The van der Waals surface area contributed by atoms with Gasteiger partial charge in [0.15, 0.2) is 0 Å². The number of allylic oxidation sites excluding steroid dienone is 8. The van der Waals surface area contributed by atoms with Gasteiger partial charge in [0, 0.05) is 23.6 Å². The molecule has 0 fully saturated rings. The van der Waals surface area contributed by atoms with Crippen molar-refractivity contribution in [3.8, 4) is 5.75 Å². The summed E-state index contributed by atoms with van der Waals surface area (Å²) in [5.74, 6) is 0.238. The van der Waals surface area contributed by atoms with Crippen molar-refractivity contribution in [1.29, 1.82) is 0 Å². The number of nitrogens with one attached hydrogen (secondary N) is 2. The van der Waals surface area contributed by atoms with Crippen LogP contribution in [0.3, 0.4) is 0 Å². The van der Waals surface area contributed by atoms with Crippen molar-refractivity contribution >= 4 is 17.0 Å². The molecular weight excluding hydrogens is 448 g/mol. The Morgan fingerprint density at radius 1 is 0.917 bits per heavy atom. The minimum absolute atomic E-state index is 0.238. The highest BCUT2D eigenvalue weighted by molar-refractivity contribution is 5.84. The highest BCUT2D eigenvalue weighted by atomic mass is 16.5. The molecule has 0 saturated heterocycles. The van der Waals surface area contributed by atoms with Gasteiger partial charge >= 0.3 is 6.09 Å². The molecule has 5 heteroatoms. The van der Waals surface area contributed by atoms with E-state index in [9.17, 15) is 9.90 Å². The number of amides is 1. The molecule has 0 aliphatic carbocycles. The predicted octanol–water partition coefficient (Wildman–Crippen LogP) is 8.29. The maximum Gasteiger partial charge on any atom is 0.407 e. The van der Waals surface area contributed by atoms with E-state index in [2.05, 4.69) is 65.8 Å². The number of aromatic hydroxyl groups is 1. The van der Waals surface area contributed by atoms with Crippen LogP contribution in [-0.4, -0.2) is 29.3 Å². The molecule has 0 spiro atoms. The van der Waals surface area contributed by atoms with Crippen molar-refractivity contribution in [2.45, 2.75) is 77.6 Å². The second-order valence-corrected chi connectivity index (χ2v) is 8.94. The molecule has 0 bridgehead atoms. The van der Waals surface area contributed by atoms with Crippen LogP contribution in [0.5, 0.6) is 5.75 Å². The van der Waals surface area contributed by atoms with Gasteiger partial charge in [0.25, 0.3) is 0 Å². The molecular formula is C31H44N2O3.